The second-order valence-electron chi connectivity index (χ2n) is 5.41. The predicted octanol–water partition coefficient (Wildman–Crippen LogP) is 1.68. The summed E-state index contributed by atoms with van der Waals surface area (Å²) in [5, 5.41) is 0. The third kappa shape index (κ3) is 2.88. The van der Waals surface area contributed by atoms with E-state index in [0.29, 0.717) is 4.70 Å². The Hall–Kier alpha value is -1.18. The number of aryl methyl sites for hydroxylation is 1. The summed E-state index contributed by atoms with van der Waals surface area (Å²) in [5.74, 6) is 0. The quantitative estimate of drug-likeness (QED) is 0.917. The molecule has 1 N–H and O–H groups in total. The van der Waals surface area contributed by atoms with Gasteiger partial charge in [-0.3, -0.25) is 4.79 Å². The molecule has 0 atom stereocenters. The normalized spacial score (nSPS) is 13.1. The van der Waals surface area contributed by atoms with Gasteiger partial charge in [-0.25, -0.2) is 13.1 Å². The Morgan fingerprint density at radius 2 is 1.89 bits per heavy atom. The molecular weight excluding hydrogens is 284 g/mol. The van der Waals surface area contributed by atoms with Gasteiger partial charge in [0.05, 0.1) is 15.1 Å². The molecule has 2 rings (SSSR count). The van der Waals surface area contributed by atoms with E-state index >= 15 is 0 Å². The monoisotopic (exact) mass is 300 g/mol. The molecule has 0 unspecified atom stereocenters. The lowest BCUT2D eigenvalue weighted by Crippen LogP contribution is -2.40. The van der Waals surface area contributed by atoms with Crippen LogP contribution in [-0.4, -0.2) is 18.5 Å². The van der Waals surface area contributed by atoms with Crippen LogP contribution in [0.4, 0.5) is 0 Å². The van der Waals surface area contributed by atoms with E-state index in [2.05, 4.69) is 4.72 Å². The van der Waals surface area contributed by atoms with Gasteiger partial charge in [-0.2, -0.15) is 0 Å². The van der Waals surface area contributed by atoms with Gasteiger partial charge in [0, 0.05) is 12.6 Å². The van der Waals surface area contributed by atoms with Gasteiger partial charge in [-0.05, 0) is 39.0 Å². The molecule has 0 aliphatic carbocycles. The summed E-state index contributed by atoms with van der Waals surface area (Å²) in [6.07, 6.45) is 0. The summed E-state index contributed by atoms with van der Waals surface area (Å²) in [5.41, 5.74) is 0.196. The maximum absolute atomic E-state index is 12.2. The zero-order valence-corrected chi connectivity index (χ0v) is 12.9. The van der Waals surface area contributed by atoms with E-state index in [1.807, 2.05) is 0 Å². The first-order chi connectivity index (χ1) is 8.60. The smallest absolute Gasteiger partial charge is 0.302 e. The number of fused-ring (bicyclic) bond motifs is 1. The van der Waals surface area contributed by atoms with Crippen LogP contribution in [0, 0.1) is 0 Å². The highest BCUT2D eigenvalue weighted by Crippen LogP contribution is 2.21. The number of hydrogen-bond acceptors (Lipinski definition) is 4. The Balaban J connectivity index is 2.55. The summed E-state index contributed by atoms with van der Waals surface area (Å²) in [7, 11) is -1.90. The van der Waals surface area contributed by atoms with Crippen LogP contribution in [0.2, 0.25) is 0 Å². The first kappa shape index (κ1) is 14.2. The predicted molar refractivity (Wildman–Crippen MR) is 77.1 cm³/mol. The van der Waals surface area contributed by atoms with Gasteiger partial charge in [0.25, 0.3) is 0 Å². The summed E-state index contributed by atoms with van der Waals surface area (Å²) < 4.78 is 29.2. The topological polar surface area (TPSA) is 68.2 Å². The number of benzene rings is 1. The molecule has 0 fully saturated rings. The molecule has 2 aromatic rings. The van der Waals surface area contributed by atoms with Crippen molar-refractivity contribution in [1.82, 2.24) is 9.29 Å². The van der Waals surface area contributed by atoms with Crippen molar-refractivity contribution in [3.8, 4) is 0 Å². The molecule has 19 heavy (non-hydrogen) atoms. The lowest BCUT2D eigenvalue weighted by atomic mass is 10.1. The molecule has 0 aliphatic heterocycles. The van der Waals surface area contributed by atoms with E-state index < -0.39 is 15.6 Å². The maximum atomic E-state index is 12.2. The van der Waals surface area contributed by atoms with Crippen molar-refractivity contribution in [3.05, 3.63) is 27.9 Å². The Bertz CT molecular complexity index is 779. The molecule has 0 saturated carbocycles. The molecule has 104 valence electrons. The fraction of sp³-hybridized carbons (Fsp3) is 0.417. The molecule has 0 amide bonds. The van der Waals surface area contributed by atoms with Crippen molar-refractivity contribution in [1.29, 1.82) is 0 Å². The van der Waals surface area contributed by atoms with Gasteiger partial charge in [-0.15, -0.1) is 0 Å². The number of aromatic nitrogens is 1. The molecule has 0 radical (unpaired) electrons. The van der Waals surface area contributed by atoms with Crippen LogP contribution in [0.3, 0.4) is 0 Å². The Morgan fingerprint density at radius 1 is 1.26 bits per heavy atom. The van der Waals surface area contributed by atoms with Crippen molar-refractivity contribution < 1.29 is 8.42 Å². The summed E-state index contributed by atoms with van der Waals surface area (Å²) in [4.78, 5) is 11.6. The highest BCUT2D eigenvalue weighted by Gasteiger charge is 2.22. The van der Waals surface area contributed by atoms with Crippen LogP contribution in [0.5, 0.6) is 0 Å². The van der Waals surface area contributed by atoms with E-state index in [4.69, 9.17) is 0 Å². The molecule has 0 aliphatic rings. The van der Waals surface area contributed by atoms with Gasteiger partial charge < -0.3 is 4.57 Å². The molecular formula is C12H16N2O3S2. The van der Waals surface area contributed by atoms with Crippen LogP contribution in [0.25, 0.3) is 10.2 Å². The fourth-order valence-corrected chi connectivity index (χ4v) is 4.18. The highest BCUT2D eigenvalue weighted by molar-refractivity contribution is 7.89. The van der Waals surface area contributed by atoms with Crippen molar-refractivity contribution in [2.45, 2.75) is 31.2 Å². The van der Waals surface area contributed by atoms with Crippen molar-refractivity contribution in [2.75, 3.05) is 0 Å². The van der Waals surface area contributed by atoms with E-state index in [-0.39, 0.29) is 9.77 Å². The third-order valence-electron chi connectivity index (χ3n) is 2.51. The number of hydrogen-bond donors (Lipinski definition) is 1. The van der Waals surface area contributed by atoms with E-state index in [1.165, 1.54) is 16.7 Å². The molecule has 1 heterocycles. The lowest BCUT2D eigenvalue weighted by Gasteiger charge is -2.20. The Morgan fingerprint density at radius 3 is 2.47 bits per heavy atom. The van der Waals surface area contributed by atoms with E-state index in [9.17, 15) is 13.2 Å². The largest absolute Gasteiger partial charge is 0.307 e. The minimum atomic E-state index is -3.57. The van der Waals surface area contributed by atoms with Crippen LogP contribution < -0.4 is 9.60 Å². The van der Waals surface area contributed by atoms with Crippen LogP contribution in [0.1, 0.15) is 20.8 Å². The Kier molecular flexibility index (Phi) is 3.32. The molecule has 5 nitrogen and oxygen atoms in total. The maximum Gasteiger partial charge on any atom is 0.307 e. The summed E-state index contributed by atoms with van der Waals surface area (Å²) in [6, 6.07) is 4.71. The zero-order chi connectivity index (χ0) is 14.4. The lowest BCUT2D eigenvalue weighted by molar-refractivity contribution is 0.491. The van der Waals surface area contributed by atoms with Crippen LogP contribution in [0.15, 0.2) is 27.9 Å². The molecule has 0 saturated heterocycles. The number of nitrogens with zero attached hydrogens (tertiary/aromatic N) is 1. The molecule has 0 bridgehead atoms. The van der Waals surface area contributed by atoms with Gasteiger partial charge >= 0.3 is 4.87 Å². The van der Waals surface area contributed by atoms with Crippen LogP contribution >= 0.6 is 11.3 Å². The van der Waals surface area contributed by atoms with Crippen LogP contribution in [-0.2, 0) is 17.1 Å². The van der Waals surface area contributed by atoms with E-state index in [0.717, 1.165) is 16.9 Å². The summed E-state index contributed by atoms with van der Waals surface area (Å²) >= 11 is 1.04. The number of sulfonamides is 1. The summed E-state index contributed by atoms with van der Waals surface area (Å²) in [6.45, 7) is 5.35. The van der Waals surface area contributed by atoms with Crippen molar-refractivity contribution in [2.24, 2.45) is 7.05 Å². The third-order valence-corrected chi connectivity index (χ3v) is 5.27. The molecule has 1 aromatic heterocycles. The van der Waals surface area contributed by atoms with Gasteiger partial charge in [0.15, 0.2) is 0 Å². The molecule has 1 aromatic carbocycles. The Labute approximate surface area is 115 Å². The number of thiazole rings is 1. The van der Waals surface area contributed by atoms with Gasteiger partial charge in [0.1, 0.15) is 0 Å². The SMILES string of the molecule is Cn1c(=O)sc2cc(S(=O)(=O)NC(C)(C)C)ccc21. The zero-order valence-electron chi connectivity index (χ0n) is 11.2. The standard InChI is InChI=1S/C12H16N2O3S2/c1-12(2,3)13-19(16,17)8-5-6-9-10(7-8)18-11(15)14(9)4/h5-7,13H,1-4H3. The van der Waals surface area contributed by atoms with Gasteiger partial charge in [-0.1, -0.05) is 11.3 Å². The molecule has 7 heteroatoms. The first-order valence-corrected chi connectivity index (χ1v) is 8.04. The average molecular weight is 300 g/mol. The minimum Gasteiger partial charge on any atom is -0.302 e. The second-order valence-corrected chi connectivity index (χ2v) is 8.09. The van der Waals surface area contributed by atoms with Crippen molar-refractivity contribution in [3.63, 3.8) is 0 Å². The van der Waals surface area contributed by atoms with Crippen molar-refractivity contribution >= 4 is 31.6 Å². The van der Waals surface area contributed by atoms with E-state index in [1.54, 1.807) is 33.9 Å². The first-order valence-electron chi connectivity index (χ1n) is 5.74. The second kappa shape index (κ2) is 4.43. The highest BCUT2D eigenvalue weighted by atomic mass is 32.2. The average Bonchev–Trinajstić information content (AvgIpc) is 2.51. The van der Waals surface area contributed by atoms with Gasteiger partial charge in [0.2, 0.25) is 10.0 Å². The number of nitrogens with one attached hydrogen (secondary N) is 1. The number of rotatable bonds is 2. The fourth-order valence-electron chi connectivity index (χ4n) is 1.74. The molecule has 0 spiro atoms. The minimum absolute atomic E-state index is 0.103.